The van der Waals surface area contributed by atoms with Crippen LogP contribution >= 0.6 is 23.2 Å². The van der Waals surface area contributed by atoms with Crippen LogP contribution < -0.4 is 0 Å². The molecule has 0 spiro atoms. The number of Topliss-reactive ketones (excluding diaryl/α,β-unsaturated/α-hetero) is 1. The smallest absolute Gasteiger partial charge is 0.189 e. The van der Waals surface area contributed by atoms with Crippen LogP contribution in [0.15, 0.2) is 40.5 Å². The van der Waals surface area contributed by atoms with Crippen LogP contribution in [0.1, 0.15) is 35.2 Å². The van der Waals surface area contributed by atoms with E-state index >= 15 is 0 Å². The molecule has 0 saturated heterocycles. The van der Waals surface area contributed by atoms with Gasteiger partial charge in [-0.05, 0) is 61.1 Å². The molecule has 2 aliphatic carbocycles. The number of hydrogen-bond acceptors (Lipinski definition) is 1. The largest absolute Gasteiger partial charge is 0.289 e. The minimum absolute atomic E-state index is 0.148. The number of carbonyl (C=O) groups excluding carboxylic acids is 1. The Bertz CT molecular complexity index is 597. The Morgan fingerprint density at radius 3 is 2.67 bits per heavy atom. The van der Waals surface area contributed by atoms with E-state index in [-0.39, 0.29) is 5.78 Å². The number of allylic oxidation sites excluding steroid dienone is 4. The summed E-state index contributed by atoms with van der Waals surface area (Å²) in [6.07, 6.45) is 5.21. The second-order valence-electron chi connectivity index (χ2n) is 4.73. The maximum absolute atomic E-state index is 12.5. The van der Waals surface area contributed by atoms with E-state index in [1.807, 2.05) is 18.2 Å². The van der Waals surface area contributed by atoms with Crippen LogP contribution in [0, 0.1) is 0 Å². The molecule has 1 nitrogen and oxygen atoms in total. The molecule has 0 unspecified atom stereocenters. The lowest BCUT2D eigenvalue weighted by atomic mass is 9.92. The van der Waals surface area contributed by atoms with Crippen LogP contribution in [-0.4, -0.2) is 5.78 Å². The van der Waals surface area contributed by atoms with Crippen molar-refractivity contribution >= 4 is 29.0 Å². The number of halogens is 2. The van der Waals surface area contributed by atoms with E-state index in [1.165, 1.54) is 0 Å². The van der Waals surface area contributed by atoms with Crippen LogP contribution in [0.3, 0.4) is 0 Å². The SMILES string of the molecule is O=C1C2=C(C=C(Cl)CC2)CCc2cc(Cl)ccc21. The molecule has 0 amide bonds. The fourth-order valence-electron chi connectivity index (χ4n) is 2.66. The van der Waals surface area contributed by atoms with Crippen molar-refractivity contribution in [1.29, 1.82) is 0 Å². The zero-order valence-electron chi connectivity index (χ0n) is 9.80. The zero-order chi connectivity index (χ0) is 12.7. The first-order chi connectivity index (χ1) is 8.65. The third-order valence-electron chi connectivity index (χ3n) is 3.58. The van der Waals surface area contributed by atoms with Gasteiger partial charge in [0.2, 0.25) is 0 Å². The first-order valence-corrected chi connectivity index (χ1v) is 6.82. The quantitative estimate of drug-likeness (QED) is 0.673. The number of fused-ring (bicyclic) bond motifs is 1. The van der Waals surface area contributed by atoms with Gasteiger partial charge < -0.3 is 0 Å². The topological polar surface area (TPSA) is 17.1 Å². The van der Waals surface area contributed by atoms with Gasteiger partial charge in [-0.25, -0.2) is 0 Å². The third kappa shape index (κ3) is 2.02. The first kappa shape index (κ1) is 12.0. The summed E-state index contributed by atoms with van der Waals surface area (Å²) in [5, 5.41) is 1.54. The summed E-state index contributed by atoms with van der Waals surface area (Å²) < 4.78 is 0. The highest BCUT2D eigenvalue weighted by Crippen LogP contribution is 2.35. The number of hydrogen-bond donors (Lipinski definition) is 0. The minimum Gasteiger partial charge on any atom is -0.289 e. The van der Waals surface area contributed by atoms with Gasteiger partial charge in [-0.15, -0.1) is 0 Å². The van der Waals surface area contributed by atoms with Crippen LogP contribution in [0.5, 0.6) is 0 Å². The van der Waals surface area contributed by atoms with Gasteiger partial charge in [0.25, 0.3) is 0 Å². The Morgan fingerprint density at radius 1 is 1.00 bits per heavy atom. The van der Waals surface area contributed by atoms with Crippen molar-refractivity contribution in [2.45, 2.75) is 25.7 Å². The van der Waals surface area contributed by atoms with Crippen molar-refractivity contribution in [2.75, 3.05) is 0 Å². The van der Waals surface area contributed by atoms with Crippen molar-refractivity contribution < 1.29 is 4.79 Å². The highest BCUT2D eigenvalue weighted by atomic mass is 35.5. The molecule has 0 aliphatic heterocycles. The second-order valence-corrected chi connectivity index (χ2v) is 5.65. The fraction of sp³-hybridized carbons (Fsp3) is 0.267. The Morgan fingerprint density at radius 2 is 1.83 bits per heavy atom. The van der Waals surface area contributed by atoms with Gasteiger partial charge in [-0.3, -0.25) is 4.79 Å². The molecule has 2 aliphatic rings. The average molecular weight is 279 g/mol. The summed E-state index contributed by atoms with van der Waals surface area (Å²) in [5.74, 6) is 0.148. The Hall–Kier alpha value is -1.05. The maximum atomic E-state index is 12.5. The molecule has 92 valence electrons. The summed E-state index contributed by atoms with van der Waals surface area (Å²) in [6.45, 7) is 0. The molecule has 3 heteroatoms. The molecule has 0 atom stereocenters. The Balaban J connectivity index is 2.10. The molecule has 0 aromatic heterocycles. The van der Waals surface area contributed by atoms with E-state index in [1.54, 1.807) is 6.07 Å². The summed E-state index contributed by atoms with van der Waals surface area (Å²) in [6, 6.07) is 5.53. The molecular weight excluding hydrogens is 267 g/mol. The van der Waals surface area contributed by atoms with Crippen LogP contribution in [-0.2, 0) is 6.42 Å². The van der Waals surface area contributed by atoms with E-state index in [4.69, 9.17) is 23.2 Å². The van der Waals surface area contributed by atoms with Gasteiger partial charge in [0, 0.05) is 21.2 Å². The summed E-state index contributed by atoms with van der Waals surface area (Å²) in [5.41, 5.74) is 3.88. The van der Waals surface area contributed by atoms with Crippen LogP contribution in [0.4, 0.5) is 0 Å². The molecule has 18 heavy (non-hydrogen) atoms. The van der Waals surface area contributed by atoms with E-state index in [2.05, 4.69) is 0 Å². The van der Waals surface area contributed by atoms with Crippen LogP contribution in [0.2, 0.25) is 5.02 Å². The van der Waals surface area contributed by atoms with Gasteiger partial charge in [-0.1, -0.05) is 23.2 Å². The molecule has 0 bridgehead atoms. The summed E-state index contributed by atoms with van der Waals surface area (Å²) in [7, 11) is 0. The molecule has 1 aromatic carbocycles. The summed E-state index contributed by atoms with van der Waals surface area (Å²) >= 11 is 12.1. The average Bonchev–Trinajstić information content (AvgIpc) is 2.47. The number of ketones is 1. The van der Waals surface area contributed by atoms with E-state index in [9.17, 15) is 4.79 Å². The molecule has 0 N–H and O–H groups in total. The molecule has 0 fully saturated rings. The van der Waals surface area contributed by atoms with Gasteiger partial charge >= 0.3 is 0 Å². The molecule has 1 aromatic rings. The van der Waals surface area contributed by atoms with Crippen molar-refractivity contribution in [1.82, 2.24) is 0 Å². The molecule has 0 heterocycles. The predicted octanol–water partition coefficient (Wildman–Crippen LogP) is 4.68. The Kier molecular flexibility index (Phi) is 3.04. The van der Waals surface area contributed by atoms with Gasteiger partial charge in [-0.2, -0.15) is 0 Å². The minimum atomic E-state index is 0.148. The van der Waals surface area contributed by atoms with E-state index in [0.29, 0.717) is 5.02 Å². The van der Waals surface area contributed by atoms with E-state index < -0.39 is 0 Å². The van der Waals surface area contributed by atoms with Gasteiger partial charge in [0.05, 0.1) is 0 Å². The highest BCUT2D eigenvalue weighted by molar-refractivity contribution is 6.31. The molecule has 0 saturated carbocycles. The number of carbonyl (C=O) groups is 1. The monoisotopic (exact) mass is 278 g/mol. The lowest BCUT2D eigenvalue weighted by Crippen LogP contribution is -2.08. The molecular formula is C15H12Cl2O. The van der Waals surface area contributed by atoms with Crippen molar-refractivity contribution in [3.8, 4) is 0 Å². The predicted molar refractivity (Wildman–Crippen MR) is 74.3 cm³/mol. The molecule has 3 rings (SSSR count). The maximum Gasteiger partial charge on any atom is 0.189 e. The highest BCUT2D eigenvalue weighted by Gasteiger charge is 2.25. The normalized spacial score (nSPS) is 19.0. The first-order valence-electron chi connectivity index (χ1n) is 6.06. The zero-order valence-corrected chi connectivity index (χ0v) is 11.3. The number of aryl methyl sites for hydroxylation is 1. The van der Waals surface area contributed by atoms with Crippen molar-refractivity contribution in [3.05, 3.63) is 56.6 Å². The fourth-order valence-corrected chi connectivity index (χ4v) is 3.08. The second kappa shape index (κ2) is 4.56. The third-order valence-corrected chi connectivity index (χ3v) is 4.12. The van der Waals surface area contributed by atoms with Crippen molar-refractivity contribution in [2.24, 2.45) is 0 Å². The molecule has 0 radical (unpaired) electrons. The number of rotatable bonds is 0. The van der Waals surface area contributed by atoms with Gasteiger partial charge in [0.1, 0.15) is 0 Å². The number of benzene rings is 1. The lowest BCUT2D eigenvalue weighted by molar-refractivity contribution is 0.103. The van der Waals surface area contributed by atoms with Crippen LogP contribution in [0.25, 0.3) is 0 Å². The lowest BCUT2D eigenvalue weighted by Gasteiger charge is -2.14. The Labute approximate surface area is 116 Å². The standard InChI is InChI=1S/C15H12Cl2O/c16-11-3-5-13-9(7-11)1-2-10-8-12(17)4-6-14(10)15(13)18/h3,5,7-8H,1-2,4,6H2. The summed E-state index contributed by atoms with van der Waals surface area (Å²) in [4.78, 5) is 12.5. The van der Waals surface area contributed by atoms with Gasteiger partial charge in [0.15, 0.2) is 5.78 Å². The van der Waals surface area contributed by atoms with Crippen molar-refractivity contribution in [3.63, 3.8) is 0 Å². The van der Waals surface area contributed by atoms with E-state index in [0.717, 1.165) is 53.0 Å².